The van der Waals surface area contributed by atoms with Crippen molar-refractivity contribution in [3.8, 4) is 22.3 Å². The van der Waals surface area contributed by atoms with Crippen molar-refractivity contribution >= 4 is 71.6 Å². The fourth-order valence-electron chi connectivity index (χ4n) is 7.38. The number of para-hydroxylation sites is 2. The van der Waals surface area contributed by atoms with Crippen LogP contribution in [-0.4, -0.2) is 4.98 Å². The highest BCUT2D eigenvalue weighted by molar-refractivity contribution is 6.13. The Balaban J connectivity index is 1.14. The van der Waals surface area contributed by atoms with Crippen LogP contribution < -0.4 is 4.90 Å². The highest BCUT2D eigenvalue weighted by Crippen LogP contribution is 2.41. The normalized spacial score (nSPS) is 11.7. The Morgan fingerprint density at radius 3 is 1.90 bits per heavy atom. The number of hydrogen-bond acceptors (Lipinski definition) is 2. The second-order valence-electron chi connectivity index (χ2n) is 12.7. The predicted molar refractivity (Wildman–Crippen MR) is 206 cm³/mol. The van der Waals surface area contributed by atoms with E-state index in [0.717, 1.165) is 55.6 Å². The first-order valence-electron chi connectivity index (χ1n) is 16.7. The molecule has 0 unspecified atom stereocenters. The monoisotopic (exact) mass is 626 g/mol. The number of nitrogens with one attached hydrogen (secondary N) is 1. The minimum Gasteiger partial charge on any atom is -0.456 e. The number of benzene rings is 8. The summed E-state index contributed by atoms with van der Waals surface area (Å²) in [5, 5.41) is 7.09. The van der Waals surface area contributed by atoms with Crippen molar-refractivity contribution in [2.24, 2.45) is 0 Å². The molecule has 230 valence electrons. The number of anilines is 3. The first-order chi connectivity index (χ1) is 24.3. The molecule has 0 bridgehead atoms. The summed E-state index contributed by atoms with van der Waals surface area (Å²) < 4.78 is 6.42. The van der Waals surface area contributed by atoms with Gasteiger partial charge in [-0.15, -0.1) is 0 Å². The molecule has 3 nitrogen and oxygen atoms in total. The summed E-state index contributed by atoms with van der Waals surface area (Å²) in [6, 6.07) is 62.8. The summed E-state index contributed by atoms with van der Waals surface area (Å²) in [6.07, 6.45) is 0. The lowest BCUT2D eigenvalue weighted by atomic mass is 10.00. The summed E-state index contributed by atoms with van der Waals surface area (Å²) in [6.45, 7) is 0. The van der Waals surface area contributed by atoms with E-state index in [1.807, 2.05) is 0 Å². The van der Waals surface area contributed by atoms with Crippen molar-refractivity contribution in [2.45, 2.75) is 0 Å². The van der Waals surface area contributed by atoms with Gasteiger partial charge in [0.05, 0.1) is 5.52 Å². The third-order valence-corrected chi connectivity index (χ3v) is 9.79. The van der Waals surface area contributed by atoms with Gasteiger partial charge >= 0.3 is 0 Å². The topological polar surface area (TPSA) is 32.2 Å². The number of aromatic amines is 1. The molecule has 0 spiro atoms. The average molecular weight is 627 g/mol. The van der Waals surface area contributed by atoms with E-state index in [0.29, 0.717) is 0 Å². The van der Waals surface area contributed by atoms with E-state index in [9.17, 15) is 0 Å². The van der Waals surface area contributed by atoms with E-state index in [-0.39, 0.29) is 0 Å². The van der Waals surface area contributed by atoms with Crippen LogP contribution in [0.25, 0.3) is 76.8 Å². The summed E-state index contributed by atoms with van der Waals surface area (Å²) >= 11 is 0. The minimum absolute atomic E-state index is 0.873. The Labute approximate surface area is 283 Å². The van der Waals surface area contributed by atoms with Crippen LogP contribution in [0.15, 0.2) is 180 Å². The number of fused-ring (bicyclic) bond motifs is 7. The quantitative estimate of drug-likeness (QED) is 0.206. The van der Waals surface area contributed by atoms with Crippen LogP contribution >= 0.6 is 0 Å². The van der Waals surface area contributed by atoms with E-state index in [2.05, 4.69) is 186 Å². The van der Waals surface area contributed by atoms with E-state index in [1.165, 1.54) is 38.2 Å². The lowest BCUT2D eigenvalue weighted by molar-refractivity contribution is 0.669. The summed E-state index contributed by atoms with van der Waals surface area (Å²) in [4.78, 5) is 6.02. The van der Waals surface area contributed by atoms with Crippen LogP contribution in [0.1, 0.15) is 0 Å². The Kier molecular flexibility index (Phi) is 6.18. The third kappa shape index (κ3) is 4.59. The van der Waals surface area contributed by atoms with Crippen LogP contribution in [-0.2, 0) is 0 Å². The van der Waals surface area contributed by atoms with Crippen molar-refractivity contribution in [3.05, 3.63) is 176 Å². The molecule has 3 heteroatoms. The van der Waals surface area contributed by atoms with Gasteiger partial charge in [-0.05, 0) is 88.1 Å². The molecule has 0 aliphatic heterocycles. The molecule has 0 amide bonds. The molecule has 0 saturated carbocycles. The zero-order valence-corrected chi connectivity index (χ0v) is 26.6. The molecule has 0 fully saturated rings. The maximum Gasteiger partial charge on any atom is 0.135 e. The van der Waals surface area contributed by atoms with Crippen LogP contribution in [0.4, 0.5) is 17.1 Å². The lowest BCUT2D eigenvalue weighted by Crippen LogP contribution is -2.09. The van der Waals surface area contributed by atoms with Crippen molar-refractivity contribution in [2.75, 3.05) is 4.90 Å². The van der Waals surface area contributed by atoms with Gasteiger partial charge < -0.3 is 14.3 Å². The second kappa shape index (κ2) is 11.0. The molecule has 0 aliphatic carbocycles. The van der Waals surface area contributed by atoms with Gasteiger partial charge in [-0.2, -0.15) is 0 Å². The zero-order chi connectivity index (χ0) is 32.3. The van der Waals surface area contributed by atoms with Crippen LogP contribution in [0.2, 0.25) is 0 Å². The first kappa shape index (κ1) is 27.5. The average Bonchev–Trinajstić information content (AvgIpc) is 3.73. The molecular formula is C46H30N2O. The van der Waals surface area contributed by atoms with Gasteiger partial charge in [0.25, 0.3) is 0 Å². The summed E-state index contributed by atoms with van der Waals surface area (Å²) in [7, 11) is 0. The lowest BCUT2D eigenvalue weighted by Gasteiger charge is -2.26. The van der Waals surface area contributed by atoms with E-state index < -0.39 is 0 Å². The van der Waals surface area contributed by atoms with E-state index in [1.54, 1.807) is 0 Å². The van der Waals surface area contributed by atoms with Crippen LogP contribution in [0.5, 0.6) is 0 Å². The van der Waals surface area contributed by atoms with Gasteiger partial charge in [0, 0.05) is 49.7 Å². The molecule has 0 saturated heterocycles. The maximum absolute atomic E-state index is 6.42. The molecule has 10 aromatic rings. The van der Waals surface area contributed by atoms with Crippen LogP contribution in [0.3, 0.4) is 0 Å². The number of rotatable bonds is 5. The van der Waals surface area contributed by atoms with Crippen molar-refractivity contribution in [1.29, 1.82) is 0 Å². The Bertz CT molecular complexity index is 2830. The maximum atomic E-state index is 6.42. The summed E-state index contributed by atoms with van der Waals surface area (Å²) in [5.41, 5.74) is 12.0. The molecule has 10 rings (SSSR count). The van der Waals surface area contributed by atoms with Crippen molar-refractivity contribution in [1.82, 2.24) is 4.98 Å². The van der Waals surface area contributed by atoms with E-state index in [4.69, 9.17) is 4.42 Å². The molecule has 8 aromatic carbocycles. The van der Waals surface area contributed by atoms with Crippen molar-refractivity contribution < 1.29 is 4.42 Å². The Morgan fingerprint density at radius 1 is 0.388 bits per heavy atom. The number of H-pyrrole nitrogens is 1. The molecule has 0 aliphatic rings. The minimum atomic E-state index is 0.873. The molecular weight excluding hydrogens is 597 g/mol. The van der Waals surface area contributed by atoms with Gasteiger partial charge in [-0.3, -0.25) is 0 Å². The fraction of sp³-hybridized carbons (Fsp3) is 0. The smallest absolute Gasteiger partial charge is 0.135 e. The summed E-state index contributed by atoms with van der Waals surface area (Å²) in [5.74, 6) is 0. The standard InChI is InChI=1S/C46H30N2O/c1-2-9-30(10-3-1)32-17-21-35(22-18-32)48(36-23-19-31-11-4-5-12-33(31)27-36)37-24-26-45-42(29-37)41-28-34(20-25-44(41)49-45)38-14-8-15-40-39-13-6-7-16-43(39)47-46(38)40/h1-29,47H. The van der Waals surface area contributed by atoms with Crippen molar-refractivity contribution in [3.63, 3.8) is 0 Å². The van der Waals surface area contributed by atoms with Gasteiger partial charge in [0.1, 0.15) is 11.2 Å². The molecule has 2 heterocycles. The first-order valence-corrected chi connectivity index (χ1v) is 16.7. The Hall–Kier alpha value is -6.58. The van der Waals surface area contributed by atoms with Gasteiger partial charge in [-0.25, -0.2) is 0 Å². The zero-order valence-electron chi connectivity index (χ0n) is 26.6. The number of aromatic nitrogens is 1. The van der Waals surface area contributed by atoms with E-state index >= 15 is 0 Å². The fourth-order valence-corrected chi connectivity index (χ4v) is 7.38. The number of hydrogen-bond donors (Lipinski definition) is 1. The predicted octanol–water partition coefficient (Wildman–Crippen LogP) is 13.2. The van der Waals surface area contributed by atoms with Gasteiger partial charge in [0.2, 0.25) is 0 Å². The highest BCUT2D eigenvalue weighted by atomic mass is 16.3. The van der Waals surface area contributed by atoms with Gasteiger partial charge in [0.15, 0.2) is 0 Å². The van der Waals surface area contributed by atoms with Crippen LogP contribution in [0, 0.1) is 0 Å². The molecule has 0 atom stereocenters. The molecule has 0 radical (unpaired) electrons. The number of furan rings is 1. The SMILES string of the molecule is c1ccc(-c2ccc(N(c3ccc4ccccc4c3)c3ccc4oc5ccc(-c6cccc7c6[nH]c6ccccc67)cc5c4c3)cc2)cc1. The third-order valence-electron chi connectivity index (χ3n) is 9.79. The number of nitrogens with zero attached hydrogens (tertiary/aromatic N) is 1. The molecule has 1 N–H and O–H groups in total. The second-order valence-corrected chi connectivity index (χ2v) is 12.7. The van der Waals surface area contributed by atoms with Gasteiger partial charge in [-0.1, -0.05) is 115 Å². The Morgan fingerprint density at radius 2 is 1.02 bits per heavy atom. The molecule has 49 heavy (non-hydrogen) atoms. The highest BCUT2D eigenvalue weighted by Gasteiger charge is 2.17. The largest absolute Gasteiger partial charge is 0.456 e. The molecule has 2 aromatic heterocycles.